The summed E-state index contributed by atoms with van der Waals surface area (Å²) in [6, 6.07) is 9.90. The van der Waals surface area contributed by atoms with E-state index in [-0.39, 0.29) is 35.2 Å². The normalized spacial score (nSPS) is 15.0. The van der Waals surface area contributed by atoms with Crippen LogP contribution in [0.5, 0.6) is 5.75 Å². The summed E-state index contributed by atoms with van der Waals surface area (Å²) in [5.41, 5.74) is -0.0452. The van der Waals surface area contributed by atoms with Crippen LogP contribution in [0.15, 0.2) is 47.4 Å². The second kappa shape index (κ2) is 9.40. The van der Waals surface area contributed by atoms with Crippen LogP contribution < -0.4 is 9.64 Å². The summed E-state index contributed by atoms with van der Waals surface area (Å²) in [7, 11) is -2.14. The van der Waals surface area contributed by atoms with Crippen LogP contribution in [-0.2, 0) is 10.0 Å². The number of anilines is 1. The van der Waals surface area contributed by atoms with Gasteiger partial charge in [0.15, 0.2) is 11.6 Å². The Balaban J connectivity index is 1.76. The molecular weight excluding hydrogens is 413 g/mol. The second-order valence-electron chi connectivity index (χ2n) is 7.07. The number of sulfonamides is 1. The van der Waals surface area contributed by atoms with Crippen molar-refractivity contribution < 1.29 is 22.5 Å². The third-order valence-corrected chi connectivity index (χ3v) is 6.92. The molecule has 3 rings (SSSR count). The van der Waals surface area contributed by atoms with Crippen molar-refractivity contribution in [1.82, 2.24) is 4.31 Å². The van der Waals surface area contributed by atoms with Crippen LogP contribution >= 0.6 is 0 Å². The number of nitro groups is 1. The van der Waals surface area contributed by atoms with Gasteiger partial charge >= 0.3 is 0 Å². The predicted octanol–water partition coefficient (Wildman–Crippen LogP) is 3.42. The van der Waals surface area contributed by atoms with Gasteiger partial charge in [-0.15, -0.1) is 0 Å². The lowest BCUT2D eigenvalue weighted by Crippen LogP contribution is -2.35. The van der Waals surface area contributed by atoms with Crippen molar-refractivity contribution in [3.05, 3.63) is 58.4 Å². The third-order valence-electron chi connectivity index (χ3n) is 5.03. The molecular formula is C20H24FN3O5S. The lowest BCUT2D eigenvalue weighted by Gasteiger charge is -2.26. The Morgan fingerprint density at radius 1 is 1.17 bits per heavy atom. The zero-order valence-electron chi connectivity index (χ0n) is 16.7. The van der Waals surface area contributed by atoms with E-state index in [1.807, 2.05) is 0 Å². The summed E-state index contributed by atoms with van der Waals surface area (Å²) < 4.78 is 46.1. The van der Waals surface area contributed by atoms with Gasteiger partial charge in [0.1, 0.15) is 12.3 Å². The van der Waals surface area contributed by atoms with Crippen molar-refractivity contribution >= 4 is 21.4 Å². The SMILES string of the molecule is CN(CCOc1ccccc1F)c1ccc(S(=O)(=O)N2CCCCC2)cc1[N+](=O)[O-]. The van der Waals surface area contributed by atoms with Crippen LogP contribution in [0, 0.1) is 15.9 Å². The van der Waals surface area contributed by atoms with Gasteiger partial charge in [-0.2, -0.15) is 4.31 Å². The summed E-state index contributed by atoms with van der Waals surface area (Å²) in [5, 5.41) is 11.6. The maximum atomic E-state index is 13.6. The molecule has 8 nitrogen and oxygen atoms in total. The van der Waals surface area contributed by atoms with Crippen LogP contribution in [-0.4, -0.2) is 50.9 Å². The number of para-hydroxylation sites is 1. The zero-order chi connectivity index (χ0) is 21.7. The number of likely N-dealkylation sites (N-methyl/N-ethyl adjacent to an activating group) is 1. The molecule has 0 N–H and O–H groups in total. The largest absolute Gasteiger partial charge is 0.489 e. The van der Waals surface area contributed by atoms with Gasteiger partial charge in [-0.3, -0.25) is 10.1 Å². The van der Waals surface area contributed by atoms with Crippen LogP contribution in [0.2, 0.25) is 0 Å². The molecule has 10 heteroatoms. The highest BCUT2D eigenvalue weighted by molar-refractivity contribution is 7.89. The number of rotatable bonds is 8. The maximum absolute atomic E-state index is 13.6. The molecule has 1 aliphatic rings. The minimum absolute atomic E-state index is 0.0872. The molecule has 1 aliphatic heterocycles. The molecule has 0 atom stereocenters. The Morgan fingerprint density at radius 2 is 1.87 bits per heavy atom. The number of nitrogens with zero attached hydrogens (tertiary/aromatic N) is 3. The van der Waals surface area contributed by atoms with E-state index in [0.717, 1.165) is 25.3 Å². The summed E-state index contributed by atoms with van der Waals surface area (Å²) in [6.07, 6.45) is 2.54. The van der Waals surface area contributed by atoms with Gasteiger partial charge in [0.25, 0.3) is 5.69 Å². The highest BCUT2D eigenvalue weighted by Crippen LogP contribution is 2.32. The monoisotopic (exact) mass is 437 g/mol. The van der Waals surface area contributed by atoms with Crippen molar-refractivity contribution in [3.63, 3.8) is 0 Å². The smallest absolute Gasteiger partial charge is 0.293 e. The van der Waals surface area contributed by atoms with Crippen LogP contribution in [0.3, 0.4) is 0 Å². The number of piperidine rings is 1. The number of hydrogen-bond donors (Lipinski definition) is 0. The van der Waals surface area contributed by atoms with Gasteiger partial charge in [0.2, 0.25) is 10.0 Å². The first-order valence-electron chi connectivity index (χ1n) is 9.68. The zero-order valence-corrected chi connectivity index (χ0v) is 17.5. The van der Waals surface area contributed by atoms with E-state index in [1.165, 1.54) is 28.6 Å². The van der Waals surface area contributed by atoms with E-state index >= 15 is 0 Å². The highest BCUT2D eigenvalue weighted by atomic mass is 32.2. The molecule has 0 aliphatic carbocycles. The molecule has 0 spiro atoms. The quantitative estimate of drug-likeness (QED) is 0.464. The molecule has 162 valence electrons. The first-order chi connectivity index (χ1) is 14.3. The highest BCUT2D eigenvalue weighted by Gasteiger charge is 2.29. The summed E-state index contributed by atoms with van der Waals surface area (Å²) >= 11 is 0. The lowest BCUT2D eigenvalue weighted by molar-refractivity contribution is -0.384. The molecule has 30 heavy (non-hydrogen) atoms. The second-order valence-corrected chi connectivity index (χ2v) is 9.01. The minimum atomic E-state index is -3.77. The Hall–Kier alpha value is -2.72. The van der Waals surface area contributed by atoms with E-state index in [0.29, 0.717) is 13.1 Å². The Labute approximate surface area is 175 Å². The van der Waals surface area contributed by atoms with Crippen LogP contribution in [0.25, 0.3) is 0 Å². The van der Waals surface area contributed by atoms with E-state index in [9.17, 15) is 22.9 Å². The number of ether oxygens (including phenoxy) is 1. The first kappa shape index (κ1) is 22.0. The Bertz CT molecular complexity index is 1010. The van der Waals surface area contributed by atoms with Gasteiger partial charge in [-0.1, -0.05) is 18.6 Å². The molecule has 2 aromatic carbocycles. The molecule has 1 saturated heterocycles. The average Bonchev–Trinajstić information content (AvgIpc) is 2.75. The van der Waals surface area contributed by atoms with Crippen LogP contribution in [0.4, 0.5) is 15.8 Å². The summed E-state index contributed by atoms with van der Waals surface area (Å²) in [4.78, 5) is 12.5. The molecule has 0 radical (unpaired) electrons. The fourth-order valence-electron chi connectivity index (χ4n) is 3.36. The summed E-state index contributed by atoms with van der Waals surface area (Å²) in [6.45, 7) is 1.19. The van der Waals surface area contributed by atoms with E-state index in [2.05, 4.69) is 0 Å². The molecule has 0 saturated carbocycles. The van der Waals surface area contributed by atoms with E-state index in [4.69, 9.17) is 4.74 Å². The lowest BCUT2D eigenvalue weighted by atomic mass is 10.2. The third kappa shape index (κ3) is 4.88. The molecule has 0 aromatic heterocycles. The molecule has 1 fully saturated rings. The molecule has 1 heterocycles. The first-order valence-corrected chi connectivity index (χ1v) is 11.1. The van der Waals surface area contributed by atoms with Crippen molar-refractivity contribution in [2.24, 2.45) is 0 Å². The van der Waals surface area contributed by atoms with Gasteiger partial charge < -0.3 is 9.64 Å². The van der Waals surface area contributed by atoms with Gasteiger partial charge in [-0.05, 0) is 37.1 Å². The molecule has 2 aromatic rings. The topological polar surface area (TPSA) is 93.0 Å². The van der Waals surface area contributed by atoms with Gasteiger partial charge in [-0.25, -0.2) is 12.8 Å². The minimum Gasteiger partial charge on any atom is -0.489 e. The van der Waals surface area contributed by atoms with E-state index < -0.39 is 20.8 Å². The van der Waals surface area contributed by atoms with Crippen LogP contribution in [0.1, 0.15) is 19.3 Å². The fraction of sp³-hybridized carbons (Fsp3) is 0.400. The predicted molar refractivity (Wildman–Crippen MR) is 111 cm³/mol. The Kier molecular flexibility index (Phi) is 6.88. The van der Waals surface area contributed by atoms with E-state index in [1.54, 1.807) is 24.1 Å². The van der Waals surface area contributed by atoms with Crippen molar-refractivity contribution in [2.75, 3.05) is 38.2 Å². The maximum Gasteiger partial charge on any atom is 0.293 e. The fourth-order valence-corrected chi connectivity index (χ4v) is 4.90. The van der Waals surface area contributed by atoms with Crippen molar-refractivity contribution in [1.29, 1.82) is 0 Å². The Morgan fingerprint density at radius 3 is 2.53 bits per heavy atom. The van der Waals surface area contributed by atoms with Gasteiger partial charge in [0, 0.05) is 26.2 Å². The summed E-state index contributed by atoms with van der Waals surface area (Å²) in [5.74, 6) is -0.387. The number of benzene rings is 2. The number of hydrogen-bond acceptors (Lipinski definition) is 6. The average molecular weight is 437 g/mol. The standard InChI is InChI=1S/C20H24FN3O5S/c1-22(13-14-29-20-8-4-3-7-17(20)21)18-10-9-16(15-19(18)24(25)26)30(27,28)23-11-5-2-6-12-23/h3-4,7-10,15H,2,5-6,11-14H2,1H3. The molecule has 0 bridgehead atoms. The van der Waals surface area contributed by atoms with Crippen molar-refractivity contribution in [3.8, 4) is 5.75 Å². The van der Waals surface area contributed by atoms with Crippen molar-refractivity contribution in [2.45, 2.75) is 24.2 Å². The molecule has 0 amide bonds. The van der Waals surface area contributed by atoms with Gasteiger partial charge in [0.05, 0.1) is 16.4 Å². The number of halogens is 1. The molecule has 0 unspecified atom stereocenters. The number of nitro benzene ring substituents is 1.